The van der Waals surface area contributed by atoms with Gasteiger partial charge in [-0.2, -0.15) is 0 Å². The van der Waals surface area contributed by atoms with Crippen molar-refractivity contribution < 1.29 is 4.79 Å². The first kappa shape index (κ1) is 18.1. The fourth-order valence-electron chi connectivity index (χ4n) is 3.90. The van der Waals surface area contributed by atoms with E-state index in [0.29, 0.717) is 12.0 Å². The first-order valence-corrected chi connectivity index (χ1v) is 9.78. The van der Waals surface area contributed by atoms with Crippen LogP contribution in [0.25, 0.3) is 0 Å². The summed E-state index contributed by atoms with van der Waals surface area (Å²) in [5.74, 6) is 0.533. The highest BCUT2D eigenvalue weighted by atomic mass is 16.2. The van der Waals surface area contributed by atoms with E-state index in [0.717, 1.165) is 32.6 Å². The second-order valence-corrected chi connectivity index (χ2v) is 7.47. The number of para-hydroxylation sites is 1. The summed E-state index contributed by atoms with van der Waals surface area (Å²) in [6, 6.07) is 10.9. The van der Waals surface area contributed by atoms with Crippen molar-refractivity contribution in [3.8, 4) is 0 Å². The molecule has 0 bridgehead atoms. The van der Waals surface area contributed by atoms with Gasteiger partial charge in [0.05, 0.1) is 0 Å². The fourth-order valence-corrected chi connectivity index (χ4v) is 3.90. The molecule has 2 saturated heterocycles. The van der Waals surface area contributed by atoms with Gasteiger partial charge in [0.2, 0.25) is 0 Å². The number of benzene rings is 1. The molecule has 0 spiro atoms. The second kappa shape index (κ2) is 9.09. The van der Waals surface area contributed by atoms with Gasteiger partial charge in [-0.3, -0.25) is 4.90 Å². The van der Waals surface area contributed by atoms with Crippen LogP contribution in [0.1, 0.15) is 32.6 Å². The quantitative estimate of drug-likeness (QED) is 0.834. The minimum absolute atomic E-state index is 0.0259. The molecule has 5 heteroatoms. The Hall–Kier alpha value is -1.75. The molecule has 0 aromatic heterocycles. The van der Waals surface area contributed by atoms with Crippen LogP contribution >= 0.6 is 0 Å². The van der Waals surface area contributed by atoms with Crippen molar-refractivity contribution in [3.63, 3.8) is 0 Å². The Balaban J connectivity index is 1.32. The van der Waals surface area contributed by atoms with Gasteiger partial charge >= 0.3 is 6.03 Å². The van der Waals surface area contributed by atoms with Crippen molar-refractivity contribution in [1.29, 1.82) is 0 Å². The van der Waals surface area contributed by atoms with Gasteiger partial charge in [-0.05, 0) is 57.3 Å². The highest BCUT2D eigenvalue weighted by Crippen LogP contribution is 2.22. The normalized spacial score (nSPS) is 22.6. The van der Waals surface area contributed by atoms with Gasteiger partial charge in [-0.1, -0.05) is 24.6 Å². The molecule has 2 heterocycles. The number of anilines is 1. The molecule has 0 saturated carbocycles. The zero-order valence-electron chi connectivity index (χ0n) is 15.4. The van der Waals surface area contributed by atoms with E-state index in [-0.39, 0.29) is 6.03 Å². The topological polar surface area (TPSA) is 47.6 Å². The molecule has 2 amide bonds. The Kier molecular flexibility index (Phi) is 6.56. The van der Waals surface area contributed by atoms with Crippen LogP contribution in [0, 0.1) is 5.92 Å². The van der Waals surface area contributed by atoms with E-state index >= 15 is 0 Å². The van der Waals surface area contributed by atoms with Crippen LogP contribution in [0.2, 0.25) is 0 Å². The molecule has 5 nitrogen and oxygen atoms in total. The maximum absolute atomic E-state index is 12.1. The average molecular weight is 345 g/mol. The van der Waals surface area contributed by atoms with Crippen molar-refractivity contribution in [1.82, 2.24) is 15.5 Å². The van der Waals surface area contributed by atoms with Crippen molar-refractivity contribution >= 4 is 11.7 Å². The molecule has 2 aliphatic heterocycles. The van der Waals surface area contributed by atoms with Crippen LogP contribution in [0.5, 0.6) is 0 Å². The molecule has 2 unspecified atom stereocenters. The molecule has 1 aromatic rings. The van der Waals surface area contributed by atoms with Crippen molar-refractivity contribution in [2.45, 2.75) is 38.6 Å². The summed E-state index contributed by atoms with van der Waals surface area (Å²) in [4.78, 5) is 17.0. The molecular weight excluding hydrogens is 312 g/mol. The molecule has 2 N–H and O–H groups in total. The summed E-state index contributed by atoms with van der Waals surface area (Å²) in [5.41, 5.74) is 1.28. The SMILES string of the molecule is CC(CNC(=O)NCC1CCN(c2ccccc2)C1)N1CCCCC1. The maximum Gasteiger partial charge on any atom is 0.314 e. The zero-order chi connectivity index (χ0) is 17.5. The highest BCUT2D eigenvalue weighted by Gasteiger charge is 2.23. The van der Waals surface area contributed by atoms with Gasteiger partial charge in [0.15, 0.2) is 0 Å². The summed E-state index contributed by atoms with van der Waals surface area (Å²) in [7, 11) is 0. The van der Waals surface area contributed by atoms with Crippen LogP contribution in [0.4, 0.5) is 10.5 Å². The van der Waals surface area contributed by atoms with E-state index in [9.17, 15) is 4.79 Å². The predicted octanol–water partition coefficient (Wildman–Crippen LogP) is 2.69. The number of carbonyl (C=O) groups excluding carboxylic acids is 1. The number of hydrogen-bond acceptors (Lipinski definition) is 3. The number of nitrogens with zero attached hydrogens (tertiary/aromatic N) is 2. The molecule has 1 aromatic carbocycles. The first-order chi connectivity index (χ1) is 12.2. The van der Waals surface area contributed by atoms with E-state index in [2.05, 4.69) is 51.6 Å². The van der Waals surface area contributed by atoms with Gasteiger partial charge in [0, 0.05) is 37.9 Å². The van der Waals surface area contributed by atoms with Crippen molar-refractivity contribution in [2.75, 3.05) is 44.2 Å². The van der Waals surface area contributed by atoms with Gasteiger partial charge in [0.1, 0.15) is 0 Å². The van der Waals surface area contributed by atoms with E-state index in [1.54, 1.807) is 0 Å². The lowest BCUT2D eigenvalue weighted by atomic mass is 10.1. The number of nitrogens with one attached hydrogen (secondary N) is 2. The molecule has 138 valence electrons. The Morgan fingerprint density at radius 2 is 1.88 bits per heavy atom. The Bertz CT molecular complexity index is 530. The monoisotopic (exact) mass is 344 g/mol. The third kappa shape index (κ3) is 5.36. The summed E-state index contributed by atoms with van der Waals surface area (Å²) >= 11 is 0. The van der Waals surface area contributed by atoms with Crippen molar-refractivity contribution in [3.05, 3.63) is 30.3 Å². The minimum Gasteiger partial charge on any atom is -0.371 e. The average Bonchev–Trinajstić information content (AvgIpc) is 3.15. The lowest BCUT2D eigenvalue weighted by Gasteiger charge is -2.32. The van der Waals surface area contributed by atoms with Gasteiger partial charge in [0.25, 0.3) is 0 Å². The Labute approximate surface area is 151 Å². The van der Waals surface area contributed by atoms with E-state index in [1.165, 1.54) is 38.0 Å². The number of hydrogen-bond donors (Lipinski definition) is 2. The van der Waals surface area contributed by atoms with Gasteiger partial charge in [-0.25, -0.2) is 4.79 Å². The molecule has 2 fully saturated rings. The number of piperidine rings is 1. The zero-order valence-corrected chi connectivity index (χ0v) is 15.4. The number of urea groups is 1. The van der Waals surface area contributed by atoms with Gasteiger partial charge in [-0.15, -0.1) is 0 Å². The lowest BCUT2D eigenvalue weighted by Crippen LogP contribution is -2.47. The number of amides is 2. The number of rotatable bonds is 6. The van der Waals surface area contributed by atoms with Crippen LogP contribution in [-0.2, 0) is 0 Å². The van der Waals surface area contributed by atoms with Gasteiger partial charge < -0.3 is 15.5 Å². The molecule has 0 aliphatic carbocycles. The third-order valence-electron chi connectivity index (χ3n) is 5.53. The molecule has 3 rings (SSSR count). The first-order valence-electron chi connectivity index (χ1n) is 9.78. The number of carbonyl (C=O) groups is 1. The van der Waals surface area contributed by atoms with Crippen LogP contribution < -0.4 is 15.5 Å². The minimum atomic E-state index is -0.0259. The van der Waals surface area contributed by atoms with Crippen LogP contribution in [0.15, 0.2) is 30.3 Å². The third-order valence-corrected chi connectivity index (χ3v) is 5.53. The lowest BCUT2D eigenvalue weighted by molar-refractivity contribution is 0.170. The summed E-state index contributed by atoms with van der Waals surface area (Å²) < 4.78 is 0. The van der Waals surface area contributed by atoms with E-state index in [1.807, 2.05) is 6.07 Å². The standard InChI is InChI=1S/C20H32N4O/c1-17(23-11-6-3-7-12-23)14-21-20(25)22-15-18-10-13-24(16-18)19-8-4-2-5-9-19/h2,4-5,8-9,17-18H,3,6-7,10-16H2,1H3,(H2,21,22,25). The highest BCUT2D eigenvalue weighted by molar-refractivity contribution is 5.73. The molecule has 0 radical (unpaired) electrons. The smallest absolute Gasteiger partial charge is 0.314 e. The fraction of sp³-hybridized carbons (Fsp3) is 0.650. The maximum atomic E-state index is 12.1. The van der Waals surface area contributed by atoms with Crippen molar-refractivity contribution in [2.24, 2.45) is 5.92 Å². The molecule has 2 atom stereocenters. The molecule has 2 aliphatic rings. The van der Waals surface area contributed by atoms with E-state index in [4.69, 9.17) is 0 Å². The van der Waals surface area contributed by atoms with E-state index < -0.39 is 0 Å². The molecular formula is C20H32N4O. The number of likely N-dealkylation sites (tertiary alicyclic amines) is 1. The summed E-state index contributed by atoms with van der Waals surface area (Å²) in [6.45, 7) is 8.13. The molecule has 25 heavy (non-hydrogen) atoms. The Morgan fingerprint density at radius 3 is 2.64 bits per heavy atom. The van der Waals surface area contributed by atoms with Crippen LogP contribution in [-0.4, -0.2) is 56.2 Å². The Morgan fingerprint density at radius 1 is 1.12 bits per heavy atom. The summed E-state index contributed by atoms with van der Waals surface area (Å²) in [5, 5.41) is 6.10. The predicted molar refractivity (Wildman–Crippen MR) is 103 cm³/mol. The summed E-state index contributed by atoms with van der Waals surface area (Å²) in [6.07, 6.45) is 5.06. The van der Waals surface area contributed by atoms with Crippen LogP contribution in [0.3, 0.4) is 0 Å². The second-order valence-electron chi connectivity index (χ2n) is 7.47. The largest absolute Gasteiger partial charge is 0.371 e.